The predicted octanol–water partition coefficient (Wildman–Crippen LogP) is 5.48. The number of piperazine rings is 1. The van der Waals surface area contributed by atoms with Gasteiger partial charge in [-0.25, -0.2) is 4.98 Å². The van der Waals surface area contributed by atoms with Crippen LogP contribution in [-0.2, 0) is 18.8 Å². The lowest BCUT2D eigenvalue weighted by molar-refractivity contribution is -0.143. The number of aryl methyl sites for hydroxylation is 1. The minimum atomic E-state index is -4.93. The van der Waals surface area contributed by atoms with Crippen LogP contribution in [0.2, 0.25) is 0 Å². The highest BCUT2D eigenvalue weighted by molar-refractivity contribution is 6.01. The van der Waals surface area contributed by atoms with Crippen molar-refractivity contribution in [1.29, 1.82) is 0 Å². The third-order valence-corrected chi connectivity index (χ3v) is 6.36. The number of alkyl halides is 6. The number of carbonyl (C=O) groups is 1. The van der Waals surface area contributed by atoms with Crippen LogP contribution in [0.15, 0.2) is 54.7 Å². The number of hydrogen-bond donors (Lipinski definition) is 2. The molecule has 1 aliphatic rings. The molecule has 1 aromatic heterocycles. The number of benzene rings is 2. The average molecular weight is 537 g/mol. The van der Waals surface area contributed by atoms with E-state index in [1.54, 1.807) is 0 Å². The Hall–Kier alpha value is -3.60. The zero-order chi connectivity index (χ0) is 27.5. The number of carbonyl (C=O) groups excluding carboxylic acids is 1. The number of rotatable bonds is 6. The molecule has 5 nitrogen and oxygen atoms in total. The zero-order valence-electron chi connectivity index (χ0n) is 20.5. The summed E-state index contributed by atoms with van der Waals surface area (Å²) in [7, 11) is 0. The van der Waals surface area contributed by atoms with E-state index in [-0.39, 0.29) is 30.2 Å². The maximum absolute atomic E-state index is 13.2. The molecule has 1 fully saturated rings. The number of aromatic nitrogens is 1. The molecule has 0 spiro atoms. The number of nitrogens with one attached hydrogen (secondary N) is 2. The molecule has 38 heavy (non-hydrogen) atoms. The first-order chi connectivity index (χ1) is 17.9. The van der Waals surface area contributed by atoms with Gasteiger partial charge >= 0.3 is 12.4 Å². The summed E-state index contributed by atoms with van der Waals surface area (Å²) >= 11 is 0. The van der Waals surface area contributed by atoms with Gasteiger partial charge in [0.25, 0.3) is 5.91 Å². The van der Waals surface area contributed by atoms with Crippen LogP contribution in [0.3, 0.4) is 0 Å². The van der Waals surface area contributed by atoms with E-state index in [4.69, 9.17) is 0 Å². The summed E-state index contributed by atoms with van der Waals surface area (Å²) in [5.74, 6) is 0.190. The summed E-state index contributed by atoms with van der Waals surface area (Å²) < 4.78 is 79.0. The third-order valence-electron chi connectivity index (χ3n) is 6.36. The van der Waals surface area contributed by atoms with E-state index < -0.39 is 29.4 Å². The highest BCUT2D eigenvalue weighted by Crippen LogP contribution is 2.36. The van der Waals surface area contributed by atoms with Gasteiger partial charge in [-0.15, -0.1) is 0 Å². The quantitative estimate of drug-likeness (QED) is 0.410. The molecule has 3 aromatic rings. The first-order valence-electron chi connectivity index (χ1n) is 12.0. The van der Waals surface area contributed by atoms with Gasteiger partial charge in [0.2, 0.25) is 0 Å². The lowest BCUT2D eigenvalue weighted by Crippen LogP contribution is -2.44. The number of nitrogens with zero attached hydrogens (tertiary/aromatic N) is 2. The van der Waals surface area contributed by atoms with E-state index in [0.717, 1.165) is 37.3 Å². The summed E-state index contributed by atoms with van der Waals surface area (Å²) in [6.07, 6.45) is -8.62. The fourth-order valence-electron chi connectivity index (χ4n) is 4.37. The van der Waals surface area contributed by atoms with Crippen LogP contribution in [0.25, 0.3) is 11.1 Å². The topological polar surface area (TPSA) is 57.3 Å². The largest absolute Gasteiger partial charge is 0.416 e. The fourth-order valence-corrected chi connectivity index (χ4v) is 4.37. The minimum Gasteiger partial charge on any atom is -0.354 e. The Balaban J connectivity index is 1.57. The first kappa shape index (κ1) is 27.4. The highest BCUT2D eigenvalue weighted by atomic mass is 19.4. The van der Waals surface area contributed by atoms with Gasteiger partial charge in [0.1, 0.15) is 5.82 Å². The monoisotopic (exact) mass is 536 g/mol. The molecule has 2 N–H and O–H groups in total. The number of pyridine rings is 1. The van der Waals surface area contributed by atoms with Gasteiger partial charge in [-0.3, -0.25) is 4.79 Å². The Morgan fingerprint density at radius 1 is 0.947 bits per heavy atom. The summed E-state index contributed by atoms with van der Waals surface area (Å²) in [5.41, 5.74) is -0.294. The molecule has 1 amide bonds. The Morgan fingerprint density at radius 3 is 2.18 bits per heavy atom. The van der Waals surface area contributed by atoms with Crippen LogP contribution in [0.4, 0.5) is 32.2 Å². The molecule has 202 valence electrons. The summed E-state index contributed by atoms with van der Waals surface area (Å²) in [6, 6.07) is 10.8. The second-order valence-electron chi connectivity index (χ2n) is 9.06. The van der Waals surface area contributed by atoms with Gasteiger partial charge in [0, 0.05) is 38.9 Å². The van der Waals surface area contributed by atoms with Crippen LogP contribution >= 0.6 is 0 Å². The highest BCUT2D eigenvalue weighted by Gasteiger charge is 2.36. The smallest absolute Gasteiger partial charge is 0.354 e. The minimum absolute atomic E-state index is 0.0855. The number of anilines is 1. The molecule has 2 aromatic carbocycles. The molecule has 0 saturated carbocycles. The maximum atomic E-state index is 13.2. The SMILES string of the molecule is Cc1ccccc1-c1cc(N2CCNCC2)ncc1C(=O)NCCc1cc(C(F)(F)F)cc(C(F)(F)F)c1. The third kappa shape index (κ3) is 6.45. The van der Waals surface area contributed by atoms with Crippen LogP contribution in [0.1, 0.15) is 32.6 Å². The van der Waals surface area contributed by atoms with E-state index >= 15 is 0 Å². The van der Waals surface area contributed by atoms with Crippen LogP contribution in [-0.4, -0.2) is 43.6 Å². The Labute approximate surface area is 215 Å². The second kappa shape index (κ2) is 11.0. The van der Waals surface area contributed by atoms with Gasteiger partial charge in [-0.1, -0.05) is 24.3 Å². The lowest BCUT2D eigenvalue weighted by atomic mass is 9.96. The molecule has 0 unspecified atom stereocenters. The van der Waals surface area contributed by atoms with Gasteiger partial charge in [0.05, 0.1) is 16.7 Å². The van der Waals surface area contributed by atoms with Crippen molar-refractivity contribution in [3.63, 3.8) is 0 Å². The fraction of sp³-hybridized carbons (Fsp3) is 0.333. The number of halogens is 6. The van der Waals surface area contributed by atoms with Crippen molar-refractivity contribution in [2.24, 2.45) is 0 Å². The molecular weight excluding hydrogens is 510 g/mol. The standard InChI is InChI=1S/C27H26F6N4O/c1-17-4-2-3-5-21(17)22-15-24(37-10-8-34-9-11-37)36-16-23(22)25(38)35-7-6-18-12-19(26(28,29)30)14-20(13-18)27(31,32)33/h2-5,12-16,34H,6-11H2,1H3,(H,35,38). The second-order valence-corrected chi connectivity index (χ2v) is 9.06. The molecule has 1 aliphatic heterocycles. The van der Waals surface area contributed by atoms with Crippen LogP contribution in [0.5, 0.6) is 0 Å². The van der Waals surface area contributed by atoms with Crippen molar-refractivity contribution in [3.8, 4) is 11.1 Å². The van der Waals surface area contributed by atoms with Crippen LogP contribution < -0.4 is 15.5 Å². The summed E-state index contributed by atoms with van der Waals surface area (Å²) in [4.78, 5) is 19.7. The van der Waals surface area contributed by atoms with Crippen molar-refractivity contribution < 1.29 is 31.1 Å². The van der Waals surface area contributed by atoms with Crippen molar-refractivity contribution in [3.05, 3.63) is 82.5 Å². The van der Waals surface area contributed by atoms with E-state index in [2.05, 4.69) is 20.5 Å². The molecule has 0 atom stereocenters. The molecule has 0 radical (unpaired) electrons. The van der Waals surface area contributed by atoms with Crippen LogP contribution in [0, 0.1) is 6.92 Å². The Morgan fingerprint density at radius 2 is 1.58 bits per heavy atom. The molecule has 0 bridgehead atoms. The molecule has 2 heterocycles. The average Bonchev–Trinajstić information content (AvgIpc) is 2.88. The van der Waals surface area contributed by atoms with Gasteiger partial charge in [0.15, 0.2) is 0 Å². The molecule has 1 saturated heterocycles. The zero-order valence-corrected chi connectivity index (χ0v) is 20.5. The molecular formula is C27H26F6N4O. The molecule has 0 aliphatic carbocycles. The summed E-state index contributed by atoms with van der Waals surface area (Å²) in [5, 5.41) is 5.90. The molecule has 4 rings (SSSR count). The predicted molar refractivity (Wildman–Crippen MR) is 132 cm³/mol. The van der Waals surface area contributed by atoms with E-state index in [1.807, 2.05) is 37.3 Å². The van der Waals surface area contributed by atoms with Crippen molar-refractivity contribution in [1.82, 2.24) is 15.6 Å². The first-order valence-corrected chi connectivity index (χ1v) is 12.0. The maximum Gasteiger partial charge on any atom is 0.416 e. The summed E-state index contributed by atoms with van der Waals surface area (Å²) in [6.45, 7) is 4.85. The van der Waals surface area contributed by atoms with E-state index in [1.165, 1.54) is 6.20 Å². The van der Waals surface area contributed by atoms with Gasteiger partial charge in [-0.2, -0.15) is 26.3 Å². The normalized spacial score (nSPS) is 14.4. The molecule has 11 heteroatoms. The Kier molecular flexibility index (Phi) is 7.96. The van der Waals surface area contributed by atoms with Gasteiger partial charge < -0.3 is 15.5 Å². The lowest BCUT2D eigenvalue weighted by Gasteiger charge is -2.29. The van der Waals surface area contributed by atoms with Crippen molar-refractivity contribution in [2.75, 3.05) is 37.6 Å². The van der Waals surface area contributed by atoms with E-state index in [9.17, 15) is 31.1 Å². The van der Waals surface area contributed by atoms with Crippen molar-refractivity contribution >= 4 is 11.7 Å². The van der Waals surface area contributed by atoms with Crippen molar-refractivity contribution in [2.45, 2.75) is 25.7 Å². The van der Waals surface area contributed by atoms with Gasteiger partial charge in [-0.05, 0) is 59.9 Å². The number of hydrogen-bond acceptors (Lipinski definition) is 4. The number of amides is 1. The van der Waals surface area contributed by atoms with E-state index in [0.29, 0.717) is 23.5 Å². The Bertz CT molecular complexity index is 1270.